The zero-order valence-electron chi connectivity index (χ0n) is 32.6. The lowest BCUT2D eigenvalue weighted by atomic mass is 10.1. The van der Waals surface area contributed by atoms with Crippen LogP contribution in [0, 0.1) is 0 Å². The zero-order valence-corrected chi connectivity index (χ0v) is 33.6. The van der Waals surface area contributed by atoms with Gasteiger partial charge in [0.15, 0.2) is 8.07 Å². The molecule has 0 aliphatic carbocycles. The fraction of sp³-hybridized carbons (Fsp3) is 0. The van der Waals surface area contributed by atoms with E-state index in [1.807, 2.05) is 0 Å². The third-order valence-electron chi connectivity index (χ3n) is 11.5. The number of para-hydroxylation sites is 3. The molecular formula is C56H42N2Si. The first-order chi connectivity index (χ1) is 29.3. The lowest BCUT2D eigenvalue weighted by Crippen LogP contribution is -2.75. The van der Waals surface area contributed by atoms with Crippen LogP contribution in [0.4, 0.5) is 34.1 Å². The van der Waals surface area contributed by atoms with Crippen LogP contribution in [0.25, 0.3) is 21.5 Å². The normalized spacial score (nSPS) is 11.4. The number of benzene rings is 10. The van der Waals surface area contributed by atoms with Crippen molar-refractivity contribution in [2.45, 2.75) is 0 Å². The summed E-state index contributed by atoms with van der Waals surface area (Å²) in [6.07, 6.45) is 0. The second-order valence-corrected chi connectivity index (χ2v) is 18.7. The number of rotatable bonds is 10. The van der Waals surface area contributed by atoms with Crippen molar-refractivity contribution in [2.75, 3.05) is 9.80 Å². The van der Waals surface area contributed by atoms with Crippen molar-refractivity contribution in [3.05, 3.63) is 255 Å². The molecule has 0 aliphatic rings. The summed E-state index contributed by atoms with van der Waals surface area (Å²) in [6, 6.07) is 93.4. The van der Waals surface area contributed by atoms with E-state index >= 15 is 0 Å². The van der Waals surface area contributed by atoms with Gasteiger partial charge in [-0.2, -0.15) is 0 Å². The van der Waals surface area contributed by atoms with Gasteiger partial charge in [0.1, 0.15) is 0 Å². The summed E-state index contributed by atoms with van der Waals surface area (Å²) in [5.74, 6) is 0. The highest BCUT2D eigenvalue weighted by Gasteiger charge is 2.44. The molecule has 0 aliphatic heterocycles. The first-order valence-corrected chi connectivity index (χ1v) is 22.3. The second-order valence-electron chi connectivity index (χ2n) is 14.9. The van der Waals surface area contributed by atoms with Crippen LogP contribution < -0.4 is 30.5 Å². The summed E-state index contributed by atoms with van der Waals surface area (Å²) in [6.45, 7) is 0. The molecule has 0 atom stereocenters. The smallest absolute Gasteiger partial charge is 0.181 e. The van der Waals surface area contributed by atoms with Crippen molar-refractivity contribution in [3.8, 4) is 0 Å². The van der Waals surface area contributed by atoms with Crippen molar-refractivity contribution in [1.29, 1.82) is 0 Å². The molecule has 280 valence electrons. The number of fused-ring (bicyclic) bond motifs is 2. The van der Waals surface area contributed by atoms with Crippen molar-refractivity contribution in [1.82, 2.24) is 0 Å². The third-order valence-corrected chi connectivity index (χ3v) is 16.3. The van der Waals surface area contributed by atoms with E-state index in [-0.39, 0.29) is 0 Å². The van der Waals surface area contributed by atoms with Gasteiger partial charge in [0.2, 0.25) is 0 Å². The molecule has 0 spiro atoms. The number of hydrogen-bond donors (Lipinski definition) is 0. The second kappa shape index (κ2) is 15.8. The van der Waals surface area contributed by atoms with Gasteiger partial charge in [-0.05, 0) is 97.6 Å². The molecule has 0 N–H and O–H groups in total. The van der Waals surface area contributed by atoms with Crippen molar-refractivity contribution >= 4 is 84.5 Å². The van der Waals surface area contributed by atoms with Gasteiger partial charge in [-0.15, -0.1) is 0 Å². The van der Waals surface area contributed by atoms with E-state index in [2.05, 4.69) is 265 Å². The molecule has 0 bridgehead atoms. The Morgan fingerprint density at radius 1 is 0.254 bits per heavy atom. The molecule has 59 heavy (non-hydrogen) atoms. The quantitative estimate of drug-likeness (QED) is 0.101. The summed E-state index contributed by atoms with van der Waals surface area (Å²) < 4.78 is 0. The molecule has 0 amide bonds. The lowest BCUT2D eigenvalue weighted by molar-refractivity contribution is 1.29. The van der Waals surface area contributed by atoms with Gasteiger partial charge in [0.05, 0.1) is 5.69 Å². The summed E-state index contributed by atoms with van der Waals surface area (Å²) in [5, 5.41) is 10.1. The molecule has 10 rings (SSSR count). The van der Waals surface area contributed by atoms with Gasteiger partial charge in [-0.1, -0.05) is 194 Å². The van der Waals surface area contributed by atoms with E-state index in [0.29, 0.717) is 0 Å². The van der Waals surface area contributed by atoms with Gasteiger partial charge >= 0.3 is 0 Å². The largest absolute Gasteiger partial charge is 0.311 e. The van der Waals surface area contributed by atoms with Crippen LogP contribution in [0.5, 0.6) is 0 Å². The molecule has 0 saturated heterocycles. The predicted molar refractivity (Wildman–Crippen MR) is 254 cm³/mol. The standard InChI is InChI=1S/C56H42N2Si/c1-5-25-46(26-6-1)57(54-37-19-24-44-22-15-16-35-53(44)54)48-29-20-34-52(42-48)59(50-30-9-3-10-31-50,51-32-11-4-12-33-51)56-38-18-17-36-55(56)58(47-27-7-2-8-28-47)49-40-39-43-21-13-14-23-45(43)41-49/h1-42H. The van der Waals surface area contributed by atoms with Crippen LogP contribution in [-0.2, 0) is 0 Å². The number of anilines is 6. The molecule has 0 fully saturated rings. The van der Waals surface area contributed by atoms with Crippen molar-refractivity contribution in [3.63, 3.8) is 0 Å². The van der Waals surface area contributed by atoms with Crippen LogP contribution in [0.3, 0.4) is 0 Å². The Kier molecular flexibility index (Phi) is 9.63. The maximum absolute atomic E-state index is 3.13. The van der Waals surface area contributed by atoms with E-state index in [1.54, 1.807) is 0 Å². The summed E-state index contributed by atoms with van der Waals surface area (Å²) in [7, 11) is -3.13. The molecule has 10 aromatic rings. The monoisotopic (exact) mass is 770 g/mol. The Bertz CT molecular complexity index is 2960. The molecule has 0 radical (unpaired) electrons. The van der Waals surface area contributed by atoms with Gasteiger partial charge in [-0.3, -0.25) is 0 Å². The Labute approximate surface area is 347 Å². The maximum Gasteiger partial charge on any atom is 0.181 e. The highest BCUT2D eigenvalue weighted by Crippen LogP contribution is 2.40. The van der Waals surface area contributed by atoms with Crippen LogP contribution in [0.15, 0.2) is 255 Å². The first kappa shape index (κ1) is 35.9. The van der Waals surface area contributed by atoms with Crippen LogP contribution in [0.1, 0.15) is 0 Å². The predicted octanol–water partition coefficient (Wildman–Crippen LogP) is 12.3. The molecule has 10 aromatic carbocycles. The molecular weight excluding hydrogens is 729 g/mol. The number of nitrogens with zero attached hydrogens (tertiary/aromatic N) is 2. The topological polar surface area (TPSA) is 6.48 Å². The van der Waals surface area contributed by atoms with Gasteiger partial charge in [-0.25, -0.2) is 0 Å². The lowest BCUT2D eigenvalue weighted by Gasteiger charge is -2.39. The van der Waals surface area contributed by atoms with Gasteiger partial charge in [0, 0.05) is 33.8 Å². The first-order valence-electron chi connectivity index (χ1n) is 20.3. The maximum atomic E-state index is 2.47. The summed E-state index contributed by atoms with van der Waals surface area (Å²) in [5.41, 5.74) is 6.75. The van der Waals surface area contributed by atoms with Crippen molar-refractivity contribution < 1.29 is 0 Å². The van der Waals surface area contributed by atoms with E-state index < -0.39 is 8.07 Å². The average molecular weight is 771 g/mol. The minimum atomic E-state index is -3.13. The van der Waals surface area contributed by atoms with Gasteiger partial charge < -0.3 is 9.80 Å². The molecule has 2 nitrogen and oxygen atoms in total. The highest BCUT2D eigenvalue weighted by molar-refractivity contribution is 7.20. The highest BCUT2D eigenvalue weighted by atomic mass is 28.3. The zero-order chi connectivity index (χ0) is 39.4. The van der Waals surface area contributed by atoms with E-state index in [9.17, 15) is 0 Å². The number of hydrogen-bond acceptors (Lipinski definition) is 2. The Hall–Kier alpha value is -7.46. The third kappa shape index (κ3) is 6.58. The van der Waals surface area contributed by atoms with Crippen molar-refractivity contribution in [2.24, 2.45) is 0 Å². The minimum absolute atomic E-state index is 1.11. The van der Waals surface area contributed by atoms with Crippen LogP contribution in [0.2, 0.25) is 0 Å². The fourth-order valence-corrected chi connectivity index (χ4v) is 13.9. The Balaban J connectivity index is 1.28. The minimum Gasteiger partial charge on any atom is -0.311 e. The molecule has 0 heterocycles. The summed E-state index contributed by atoms with van der Waals surface area (Å²) >= 11 is 0. The average Bonchev–Trinajstić information content (AvgIpc) is 3.32. The Morgan fingerprint density at radius 3 is 1.37 bits per heavy atom. The molecule has 3 heteroatoms. The summed E-state index contributed by atoms with van der Waals surface area (Å²) in [4.78, 5) is 4.89. The Morgan fingerprint density at radius 2 is 0.695 bits per heavy atom. The molecule has 0 unspecified atom stereocenters. The van der Waals surface area contributed by atoms with E-state index in [1.165, 1.54) is 42.3 Å². The molecule has 0 aromatic heterocycles. The van der Waals surface area contributed by atoms with Gasteiger partial charge in [0.25, 0.3) is 0 Å². The SMILES string of the molecule is c1ccc(N(c2ccc3ccccc3c2)c2ccccc2[Si](c2ccccc2)(c2ccccc2)c2cccc(N(c3ccccc3)c3cccc4ccccc34)c2)cc1. The fourth-order valence-electron chi connectivity index (χ4n) is 8.93. The van der Waals surface area contributed by atoms with E-state index in [4.69, 9.17) is 0 Å². The van der Waals surface area contributed by atoms with Crippen LogP contribution >= 0.6 is 0 Å². The van der Waals surface area contributed by atoms with Crippen LogP contribution in [-0.4, -0.2) is 8.07 Å². The van der Waals surface area contributed by atoms with E-state index in [0.717, 1.165) is 34.1 Å². The molecule has 0 saturated carbocycles.